The molecule has 0 saturated heterocycles. The van der Waals surface area contributed by atoms with Crippen molar-refractivity contribution in [3.63, 3.8) is 0 Å². The predicted octanol–water partition coefficient (Wildman–Crippen LogP) is 2.93. The van der Waals surface area contributed by atoms with Crippen LogP contribution in [0.25, 0.3) is 0 Å². The first-order chi connectivity index (χ1) is 7.66. The molecule has 16 heavy (non-hydrogen) atoms. The number of aryl methyl sites for hydroxylation is 1. The summed E-state index contributed by atoms with van der Waals surface area (Å²) in [5, 5.41) is 8.95. The fourth-order valence-electron chi connectivity index (χ4n) is 1.28. The number of hydrogen-bond acceptors (Lipinski definition) is 4. The third kappa shape index (κ3) is 2.25. The van der Waals surface area contributed by atoms with Crippen LogP contribution in [0.5, 0.6) is 5.75 Å². The number of carboxylic acids is 1. The molecule has 84 valence electrons. The minimum absolute atomic E-state index is 0.237. The highest BCUT2D eigenvalue weighted by molar-refractivity contribution is 7.14. The van der Waals surface area contributed by atoms with Crippen LogP contribution in [0.3, 0.4) is 0 Å². The standard InChI is InChI=1S/C11H10O4S/c1-7-4-9(10(16-7)11(12)13)15-6-8-2-3-14-5-8/h2-5H,6H2,1H3,(H,12,13). The maximum absolute atomic E-state index is 10.9. The summed E-state index contributed by atoms with van der Waals surface area (Å²) in [4.78, 5) is 12.1. The first kappa shape index (κ1) is 10.8. The second-order valence-electron chi connectivity index (χ2n) is 3.28. The zero-order valence-corrected chi connectivity index (χ0v) is 9.41. The average molecular weight is 238 g/mol. The van der Waals surface area contributed by atoms with Gasteiger partial charge in [-0.2, -0.15) is 0 Å². The molecule has 0 fully saturated rings. The number of hydrogen-bond donors (Lipinski definition) is 1. The van der Waals surface area contributed by atoms with E-state index in [4.69, 9.17) is 14.3 Å². The molecule has 2 heterocycles. The summed E-state index contributed by atoms with van der Waals surface area (Å²) in [6.07, 6.45) is 3.12. The zero-order chi connectivity index (χ0) is 11.5. The van der Waals surface area contributed by atoms with Crippen LogP contribution in [0, 0.1) is 6.92 Å². The zero-order valence-electron chi connectivity index (χ0n) is 8.60. The fourth-order valence-corrected chi connectivity index (χ4v) is 2.08. The summed E-state index contributed by atoms with van der Waals surface area (Å²) in [5.41, 5.74) is 0.875. The minimum atomic E-state index is -0.958. The Morgan fingerprint density at radius 1 is 1.62 bits per heavy atom. The van der Waals surface area contributed by atoms with Crippen molar-refractivity contribution >= 4 is 17.3 Å². The number of aromatic carboxylic acids is 1. The number of carboxylic acid groups (broad SMARTS) is 1. The van der Waals surface area contributed by atoms with Gasteiger partial charge in [-0.15, -0.1) is 11.3 Å². The third-order valence-corrected chi connectivity index (χ3v) is 3.01. The number of carbonyl (C=O) groups is 1. The van der Waals surface area contributed by atoms with Gasteiger partial charge in [0.2, 0.25) is 0 Å². The molecule has 0 aromatic carbocycles. The summed E-state index contributed by atoms with van der Waals surface area (Å²) in [6, 6.07) is 3.51. The van der Waals surface area contributed by atoms with Gasteiger partial charge >= 0.3 is 5.97 Å². The molecule has 5 heteroatoms. The Labute approximate surface area is 96.1 Å². The summed E-state index contributed by atoms with van der Waals surface area (Å²) in [5.74, 6) is -0.545. The van der Waals surface area contributed by atoms with Gasteiger partial charge in [0.25, 0.3) is 0 Å². The van der Waals surface area contributed by atoms with Crippen LogP contribution >= 0.6 is 11.3 Å². The molecule has 0 spiro atoms. The van der Waals surface area contributed by atoms with Crippen LogP contribution in [-0.2, 0) is 6.61 Å². The molecular weight excluding hydrogens is 228 g/mol. The molecule has 2 aromatic heterocycles. The lowest BCUT2D eigenvalue weighted by Crippen LogP contribution is -1.99. The van der Waals surface area contributed by atoms with Gasteiger partial charge in [0.05, 0.1) is 12.5 Å². The minimum Gasteiger partial charge on any atom is -0.487 e. The Bertz CT molecular complexity index is 484. The van der Waals surface area contributed by atoms with Crippen LogP contribution in [0.1, 0.15) is 20.1 Å². The molecule has 0 amide bonds. The molecule has 0 unspecified atom stereocenters. The van der Waals surface area contributed by atoms with E-state index < -0.39 is 5.97 Å². The van der Waals surface area contributed by atoms with Crippen LogP contribution in [-0.4, -0.2) is 11.1 Å². The highest BCUT2D eigenvalue weighted by Crippen LogP contribution is 2.29. The Balaban J connectivity index is 2.12. The second kappa shape index (κ2) is 4.40. The van der Waals surface area contributed by atoms with Crippen LogP contribution in [0.15, 0.2) is 29.1 Å². The van der Waals surface area contributed by atoms with E-state index in [2.05, 4.69) is 0 Å². The molecule has 0 atom stereocenters. The predicted molar refractivity (Wildman–Crippen MR) is 59.1 cm³/mol. The van der Waals surface area contributed by atoms with Crippen LogP contribution < -0.4 is 4.74 Å². The summed E-state index contributed by atoms with van der Waals surface area (Å²) < 4.78 is 10.3. The van der Waals surface area contributed by atoms with E-state index in [1.807, 2.05) is 6.92 Å². The van der Waals surface area contributed by atoms with Gasteiger partial charge in [0, 0.05) is 10.4 Å². The smallest absolute Gasteiger partial charge is 0.349 e. The van der Waals surface area contributed by atoms with Crippen molar-refractivity contribution < 1.29 is 19.1 Å². The van der Waals surface area contributed by atoms with Gasteiger partial charge in [0.15, 0.2) is 4.88 Å². The molecule has 0 aliphatic carbocycles. The molecule has 0 saturated carbocycles. The Kier molecular flexibility index (Phi) is 2.96. The number of thiophene rings is 1. The highest BCUT2D eigenvalue weighted by Gasteiger charge is 2.15. The first-order valence-electron chi connectivity index (χ1n) is 4.64. The van der Waals surface area contributed by atoms with Crippen molar-refractivity contribution in [1.29, 1.82) is 0 Å². The molecule has 0 aliphatic rings. The van der Waals surface area contributed by atoms with Crippen molar-refractivity contribution in [3.05, 3.63) is 40.0 Å². The molecule has 2 aromatic rings. The summed E-state index contributed by atoms with van der Waals surface area (Å²) >= 11 is 1.21. The van der Waals surface area contributed by atoms with E-state index in [0.717, 1.165) is 10.4 Å². The van der Waals surface area contributed by atoms with Gasteiger partial charge in [-0.3, -0.25) is 0 Å². The maximum atomic E-state index is 10.9. The van der Waals surface area contributed by atoms with Gasteiger partial charge in [-0.05, 0) is 19.1 Å². The normalized spacial score (nSPS) is 10.3. The fraction of sp³-hybridized carbons (Fsp3) is 0.182. The summed E-state index contributed by atoms with van der Waals surface area (Å²) in [6.45, 7) is 2.16. The molecule has 0 radical (unpaired) electrons. The number of rotatable bonds is 4. The number of ether oxygens (including phenoxy) is 1. The number of furan rings is 1. The van der Waals surface area contributed by atoms with Gasteiger partial charge in [0.1, 0.15) is 12.4 Å². The Morgan fingerprint density at radius 3 is 3.06 bits per heavy atom. The van der Waals surface area contributed by atoms with Crippen molar-refractivity contribution in [1.82, 2.24) is 0 Å². The Morgan fingerprint density at radius 2 is 2.44 bits per heavy atom. The lowest BCUT2D eigenvalue weighted by molar-refractivity contribution is 0.0697. The molecule has 2 rings (SSSR count). The monoisotopic (exact) mass is 238 g/mol. The van der Waals surface area contributed by atoms with E-state index in [1.165, 1.54) is 11.3 Å². The van der Waals surface area contributed by atoms with Crippen molar-refractivity contribution in [2.75, 3.05) is 0 Å². The maximum Gasteiger partial charge on any atom is 0.349 e. The quantitative estimate of drug-likeness (QED) is 0.889. The second-order valence-corrected chi connectivity index (χ2v) is 4.53. The highest BCUT2D eigenvalue weighted by atomic mass is 32.1. The topological polar surface area (TPSA) is 59.7 Å². The average Bonchev–Trinajstić information content (AvgIpc) is 2.83. The van der Waals surface area contributed by atoms with E-state index in [0.29, 0.717) is 12.4 Å². The van der Waals surface area contributed by atoms with Crippen LogP contribution in [0.2, 0.25) is 0 Å². The lowest BCUT2D eigenvalue weighted by atomic mass is 10.3. The Hall–Kier alpha value is -1.75. The van der Waals surface area contributed by atoms with Gasteiger partial charge < -0.3 is 14.3 Å². The molecule has 0 bridgehead atoms. The first-order valence-corrected chi connectivity index (χ1v) is 5.46. The third-order valence-electron chi connectivity index (χ3n) is 1.99. The van der Waals surface area contributed by atoms with Gasteiger partial charge in [-0.25, -0.2) is 4.79 Å². The molecular formula is C11H10O4S. The van der Waals surface area contributed by atoms with E-state index >= 15 is 0 Å². The molecule has 0 aliphatic heterocycles. The van der Waals surface area contributed by atoms with E-state index in [1.54, 1.807) is 24.7 Å². The SMILES string of the molecule is Cc1cc(OCc2ccoc2)c(C(=O)O)s1. The van der Waals surface area contributed by atoms with Crippen molar-refractivity contribution in [3.8, 4) is 5.75 Å². The van der Waals surface area contributed by atoms with Crippen LogP contribution in [0.4, 0.5) is 0 Å². The van der Waals surface area contributed by atoms with Gasteiger partial charge in [-0.1, -0.05) is 0 Å². The largest absolute Gasteiger partial charge is 0.487 e. The van der Waals surface area contributed by atoms with E-state index in [9.17, 15) is 4.79 Å². The van der Waals surface area contributed by atoms with Crippen molar-refractivity contribution in [2.45, 2.75) is 13.5 Å². The summed E-state index contributed by atoms with van der Waals surface area (Å²) in [7, 11) is 0. The molecule has 1 N–H and O–H groups in total. The van der Waals surface area contributed by atoms with Crippen molar-refractivity contribution in [2.24, 2.45) is 0 Å². The lowest BCUT2D eigenvalue weighted by Gasteiger charge is -2.02. The van der Waals surface area contributed by atoms with E-state index in [-0.39, 0.29) is 4.88 Å². The molecule has 4 nitrogen and oxygen atoms in total.